The van der Waals surface area contributed by atoms with Crippen molar-refractivity contribution in [3.8, 4) is 0 Å². The van der Waals surface area contributed by atoms with Crippen LogP contribution in [0.1, 0.15) is 40.2 Å². The lowest BCUT2D eigenvalue weighted by Gasteiger charge is -2.09. The van der Waals surface area contributed by atoms with E-state index in [9.17, 15) is 4.79 Å². The first-order valence-corrected chi connectivity index (χ1v) is 9.29. The molecule has 0 bridgehead atoms. The van der Waals surface area contributed by atoms with E-state index in [1.807, 2.05) is 36.4 Å². The van der Waals surface area contributed by atoms with Gasteiger partial charge < -0.3 is 0 Å². The number of benzene rings is 2. The van der Waals surface area contributed by atoms with Crippen molar-refractivity contribution in [2.75, 3.05) is 0 Å². The van der Waals surface area contributed by atoms with Crippen molar-refractivity contribution in [2.24, 2.45) is 0 Å². The predicted molar refractivity (Wildman–Crippen MR) is 99.5 cm³/mol. The van der Waals surface area contributed by atoms with Gasteiger partial charge in [-0.2, -0.15) is 0 Å². The largest absolute Gasteiger partial charge is 0.289 e. The lowest BCUT2D eigenvalue weighted by molar-refractivity contribution is 0.103. The van der Waals surface area contributed by atoms with Gasteiger partial charge in [0.25, 0.3) is 0 Å². The van der Waals surface area contributed by atoms with Gasteiger partial charge in [0, 0.05) is 33.4 Å². The Balaban J connectivity index is 1.58. The average molecular weight is 367 g/mol. The first-order chi connectivity index (χ1) is 12.2. The van der Waals surface area contributed by atoms with Crippen LogP contribution in [0.5, 0.6) is 0 Å². The Hall–Kier alpha value is -2.17. The standard InChI is InChI=1S/C20H15ClN2OS/c21-15-6-9-17(13-2-3-13)18(12-15)19(24)14-4-7-16(8-5-14)25-20-22-10-1-11-23-20/h1,4-13H,2-3H2. The molecule has 0 amide bonds. The third-order valence-electron chi connectivity index (χ3n) is 4.14. The highest BCUT2D eigenvalue weighted by Crippen LogP contribution is 2.42. The van der Waals surface area contributed by atoms with E-state index < -0.39 is 0 Å². The van der Waals surface area contributed by atoms with Gasteiger partial charge in [-0.05, 0) is 78.5 Å². The summed E-state index contributed by atoms with van der Waals surface area (Å²) in [6, 6.07) is 15.0. The number of hydrogen-bond donors (Lipinski definition) is 0. The molecule has 5 heteroatoms. The summed E-state index contributed by atoms with van der Waals surface area (Å²) in [6.45, 7) is 0. The second-order valence-corrected chi connectivity index (χ2v) is 7.47. The Morgan fingerprint density at radius 2 is 1.76 bits per heavy atom. The molecule has 3 aromatic rings. The van der Waals surface area contributed by atoms with Gasteiger partial charge in [0.2, 0.25) is 0 Å². The second-order valence-electron chi connectivity index (χ2n) is 5.99. The molecule has 0 spiro atoms. The lowest BCUT2D eigenvalue weighted by atomic mass is 9.96. The first-order valence-electron chi connectivity index (χ1n) is 8.10. The van der Waals surface area contributed by atoms with Crippen LogP contribution in [0.2, 0.25) is 5.02 Å². The van der Waals surface area contributed by atoms with Crippen molar-refractivity contribution in [1.29, 1.82) is 0 Å². The van der Waals surface area contributed by atoms with E-state index in [0.29, 0.717) is 21.7 Å². The van der Waals surface area contributed by atoms with Gasteiger partial charge in [-0.3, -0.25) is 4.79 Å². The van der Waals surface area contributed by atoms with Crippen molar-refractivity contribution < 1.29 is 4.79 Å². The zero-order valence-corrected chi connectivity index (χ0v) is 14.9. The number of rotatable bonds is 5. The summed E-state index contributed by atoms with van der Waals surface area (Å²) in [6.07, 6.45) is 5.72. The number of nitrogens with zero attached hydrogens (tertiary/aromatic N) is 2. The molecule has 1 aliphatic carbocycles. The molecule has 124 valence electrons. The highest BCUT2D eigenvalue weighted by Gasteiger charge is 2.28. The molecular formula is C20H15ClN2OS. The minimum atomic E-state index is 0.0249. The van der Waals surface area contributed by atoms with Gasteiger partial charge in [-0.1, -0.05) is 17.7 Å². The highest BCUT2D eigenvalue weighted by atomic mass is 35.5. The molecule has 0 unspecified atom stereocenters. The van der Waals surface area contributed by atoms with E-state index >= 15 is 0 Å². The Labute approximate surface area is 155 Å². The summed E-state index contributed by atoms with van der Waals surface area (Å²) in [5.41, 5.74) is 2.51. The van der Waals surface area contributed by atoms with Crippen molar-refractivity contribution in [3.63, 3.8) is 0 Å². The molecule has 1 aliphatic rings. The fraction of sp³-hybridized carbons (Fsp3) is 0.150. The van der Waals surface area contributed by atoms with Crippen LogP contribution in [-0.2, 0) is 0 Å². The Kier molecular flexibility index (Phi) is 4.55. The maximum atomic E-state index is 12.9. The fourth-order valence-corrected chi connectivity index (χ4v) is 3.63. The monoisotopic (exact) mass is 366 g/mol. The zero-order chi connectivity index (χ0) is 17.2. The number of aromatic nitrogens is 2. The number of carbonyl (C=O) groups is 1. The number of halogens is 1. The van der Waals surface area contributed by atoms with Crippen molar-refractivity contribution in [2.45, 2.75) is 28.8 Å². The molecule has 1 fully saturated rings. The van der Waals surface area contributed by atoms with Crippen molar-refractivity contribution in [3.05, 3.63) is 82.6 Å². The molecule has 0 aliphatic heterocycles. The van der Waals surface area contributed by atoms with E-state index in [1.165, 1.54) is 11.8 Å². The minimum Gasteiger partial charge on any atom is -0.289 e. The van der Waals surface area contributed by atoms with Crippen LogP contribution < -0.4 is 0 Å². The summed E-state index contributed by atoms with van der Waals surface area (Å²) in [5.74, 6) is 0.526. The Morgan fingerprint density at radius 3 is 2.44 bits per heavy atom. The molecular weight excluding hydrogens is 352 g/mol. The molecule has 0 N–H and O–H groups in total. The topological polar surface area (TPSA) is 42.9 Å². The van der Waals surface area contributed by atoms with Crippen LogP contribution >= 0.6 is 23.4 Å². The SMILES string of the molecule is O=C(c1ccc(Sc2ncccn2)cc1)c1cc(Cl)ccc1C1CC1. The van der Waals surface area contributed by atoms with E-state index in [-0.39, 0.29) is 5.78 Å². The fourth-order valence-electron chi connectivity index (χ4n) is 2.75. The van der Waals surface area contributed by atoms with Crippen LogP contribution in [0.4, 0.5) is 0 Å². The molecule has 1 aromatic heterocycles. The molecule has 1 saturated carbocycles. The maximum absolute atomic E-state index is 12.9. The number of ketones is 1. The van der Waals surface area contributed by atoms with Crippen LogP contribution in [0.25, 0.3) is 0 Å². The van der Waals surface area contributed by atoms with Crippen LogP contribution in [0.15, 0.2) is 71.0 Å². The third-order valence-corrected chi connectivity index (χ3v) is 5.28. The average Bonchev–Trinajstić information content (AvgIpc) is 3.48. The van der Waals surface area contributed by atoms with Gasteiger partial charge in [0.15, 0.2) is 10.9 Å². The third kappa shape index (κ3) is 3.75. The smallest absolute Gasteiger partial charge is 0.193 e. The molecule has 0 radical (unpaired) electrons. The molecule has 25 heavy (non-hydrogen) atoms. The number of hydrogen-bond acceptors (Lipinski definition) is 4. The predicted octanol–water partition coefficient (Wildman–Crippen LogP) is 5.39. The van der Waals surface area contributed by atoms with Crippen LogP contribution in [0, 0.1) is 0 Å². The van der Waals surface area contributed by atoms with Crippen LogP contribution in [-0.4, -0.2) is 15.8 Å². The lowest BCUT2D eigenvalue weighted by Crippen LogP contribution is -2.05. The second kappa shape index (κ2) is 6.98. The van der Waals surface area contributed by atoms with Gasteiger partial charge in [0.1, 0.15) is 0 Å². The molecule has 0 atom stereocenters. The Morgan fingerprint density at radius 1 is 1.04 bits per heavy atom. The van der Waals surface area contributed by atoms with E-state index in [4.69, 9.17) is 11.6 Å². The molecule has 1 heterocycles. The maximum Gasteiger partial charge on any atom is 0.193 e. The summed E-state index contributed by atoms with van der Waals surface area (Å²) >= 11 is 7.59. The van der Waals surface area contributed by atoms with Crippen molar-refractivity contribution in [1.82, 2.24) is 9.97 Å². The number of carbonyl (C=O) groups excluding carboxylic acids is 1. The summed E-state index contributed by atoms with van der Waals surface area (Å²) < 4.78 is 0. The van der Waals surface area contributed by atoms with Gasteiger partial charge in [-0.25, -0.2) is 9.97 Å². The van der Waals surface area contributed by atoms with E-state index in [0.717, 1.165) is 28.9 Å². The molecule has 0 saturated heterocycles. The first kappa shape index (κ1) is 16.3. The van der Waals surface area contributed by atoms with Gasteiger partial charge in [0.05, 0.1) is 0 Å². The van der Waals surface area contributed by atoms with Crippen LogP contribution in [0.3, 0.4) is 0 Å². The van der Waals surface area contributed by atoms with Crippen molar-refractivity contribution >= 4 is 29.1 Å². The highest BCUT2D eigenvalue weighted by molar-refractivity contribution is 7.99. The summed E-state index contributed by atoms with van der Waals surface area (Å²) in [4.78, 5) is 22.3. The molecule has 3 nitrogen and oxygen atoms in total. The normalized spacial score (nSPS) is 13.6. The van der Waals surface area contributed by atoms with E-state index in [1.54, 1.807) is 24.5 Å². The summed E-state index contributed by atoms with van der Waals surface area (Å²) in [7, 11) is 0. The zero-order valence-electron chi connectivity index (χ0n) is 13.4. The van der Waals surface area contributed by atoms with Gasteiger partial charge in [-0.15, -0.1) is 0 Å². The Bertz CT molecular complexity index is 909. The van der Waals surface area contributed by atoms with E-state index in [2.05, 4.69) is 9.97 Å². The van der Waals surface area contributed by atoms with Gasteiger partial charge >= 0.3 is 0 Å². The summed E-state index contributed by atoms with van der Waals surface area (Å²) in [5, 5.41) is 1.29. The molecule has 4 rings (SSSR count). The molecule has 2 aromatic carbocycles. The quantitative estimate of drug-likeness (QED) is 0.448. The minimum absolute atomic E-state index is 0.0249.